The minimum Gasteiger partial charge on any atom is -0.508 e. The molecule has 0 radical (unpaired) electrons. The Balaban J connectivity index is 1.57. The zero-order chi connectivity index (χ0) is 24.9. The number of nitrogens with one attached hydrogen (secondary N) is 2. The zero-order valence-corrected chi connectivity index (χ0v) is 19.6. The number of H-pyrrole nitrogens is 1. The van der Waals surface area contributed by atoms with Crippen LogP contribution in [0.1, 0.15) is 47.7 Å². The molecule has 0 bridgehead atoms. The Morgan fingerprint density at radius 3 is 2.69 bits per heavy atom. The molecular weight excluding hydrogens is 450 g/mol. The Bertz CT molecular complexity index is 1310. The SMILES string of the molecule is CCOC(=O)CC(=O)Nc1cc(C)c(Oc2ccc(O)c(Cc3ccc(=O)[nH]n3)c2)c2c1CCC2. The standard InChI is InChI=1S/C26H27N3O6/c1-3-34-25(33)14-24(32)27-21-11-15(2)26(20-6-4-5-19(20)21)35-18-8-9-22(30)16(13-18)12-17-7-10-23(31)29-28-17/h7-11,13,30H,3-6,12,14H2,1-2H3,(H,27,32)(H,29,31). The van der Waals surface area contributed by atoms with Crippen molar-refractivity contribution in [2.75, 3.05) is 11.9 Å². The van der Waals surface area contributed by atoms with Gasteiger partial charge in [0.05, 0.1) is 12.3 Å². The van der Waals surface area contributed by atoms with Gasteiger partial charge >= 0.3 is 5.97 Å². The summed E-state index contributed by atoms with van der Waals surface area (Å²) in [5, 5.41) is 19.6. The van der Waals surface area contributed by atoms with Crippen molar-refractivity contribution in [1.82, 2.24) is 10.2 Å². The first-order valence-corrected chi connectivity index (χ1v) is 11.5. The van der Waals surface area contributed by atoms with Crippen LogP contribution in [0.25, 0.3) is 0 Å². The third kappa shape index (κ3) is 5.68. The van der Waals surface area contributed by atoms with E-state index in [9.17, 15) is 19.5 Å². The highest BCUT2D eigenvalue weighted by Gasteiger charge is 2.24. The number of carbonyl (C=O) groups is 2. The first-order valence-electron chi connectivity index (χ1n) is 11.5. The number of fused-ring (bicyclic) bond motifs is 1. The molecule has 0 fully saturated rings. The van der Waals surface area contributed by atoms with E-state index in [0.717, 1.165) is 41.7 Å². The van der Waals surface area contributed by atoms with Gasteiger partial charge in [0.15, 0.2) is 0 Å². The summed E-state index contributed by atoms with van der Waals surface area (Å²) >= 11 is 0. The normalized spacial score (nSPS) is 12.2. The van der Waals surface area contributed by atoms with Crippen LogP contribution in [0.4, 0.5) is 5.69 Å². The van der Waals surface area contributed by atoms with Gasteiger partial charge in [-0.1, -0.05) is 0 Å². The fourth-order valence-electron chi connectivity index (χ4n) is 4.24. The molecule has 0 spiro atoms. The molecule has 3 N–H and O–H groups in total. The lowest BCUT2D eigenvalue weighted by atomic mass is 10.0. The second-order valence-electron chi connectivity index (χ2n) is 8.39. The number of hydrogen-bond donors (Lipinski definition) is 3. The Labute approximate surface area is 202 Å². The van der Waals surface area contributed by atoms with E-state index < -0.39 is 11.9 Å². The molecule has 9 nitrogen and oxygen atoms in total. The smallest absolute Gasteiger partial charge is 0.315 e. The minimum absolute atomic E-state index is 0.104. The number of nitrogens with zero attached hydrogens (tertiary/aromatic N) is 1. The molecule has 2 aromatic carbocycles. The van der Waals surface area contributed by atoms with Gasteiger partial charge in [0, 0.05) is 29.3 Å². The lowest BCUT2D eigenvalue weighted by Crippen LogP contribution is -2.19. The van der Waals surface area contributed by atoms with Crippen molar-refractivity contribution in [3.8, 4) is 17.2 Å². The topological polar surface area (TPSA) is 131 Å². The highest BCUT2D eigenvalue weighted by atomic mass is 16.5. The van der Waals surface area contributed by atoms with Crippen LogP contribution < -0.4 is 15.6 Å². The predicted octanol–water partition coefficient (Wildman–Crippen LogP) is 3.55. The fraction of sp³-hybridized carbons (Fsp3) is 0.308. The van der Waals surface area contributed by atoms with E-state index in [0.29, 0.717) is 29.1 Å². The monoisotopic (exact) mass is 477 g/mol. The van der Waals surface area contributed by atoms with E-state index in [1.54, 1.807) is 31.2 Å². The second-order valence-corrected chi connectivity index (χ2v) is 8.39. The molecule has 1 aliphatic carbocycles. The van der Waals surface area contributed by atoms with E-state index in [4.69, 9.17) is 9.47 Å². The summed E-state index contributed by atoms with van der Waals surface area (Å²) < 4.78 is 11.1. The molecule has 4 rings (SSSR count). The summed E-state index contributed by atoms with van der Waals surface area (Å²) in [6.45, 7) is 3.83. The van der Waals surface area contributed by atoms with Gasteiger partial charge in [-0.15, -0.1) is 0 Å². The van der Waals surface area contributed by atoms with Crippen molar-refractivity contribution in [3.63, 3.8) is 0 Å². The number of carbonyl (C=O) groups excluding carboxylic acids is 2. The molecule has 35 heavy (non-hydrogen) atoms. The van der Waals surface area contributed by atoms with Crippen molar-refractivity contribution >= 4 is 17.6 Å². The first kappa shape index (κ1) is 24.0. The maximum atomic E-state index is 12.3. The number of amides is 1. The van der Waals surface area contributed by atoms with E-state index >= 15 is 0 Å². The summed E-state index contributed by atoms with van der Waals surface area (Å²) in [6.07, 6.45) is 2.51. The van der Waals surface area contributed by atoms with E-state index in [1.807, 2.05) is 13.0 Å². The molecular formula is C26H27N3O6. The summed E-state index contributed by atoms with van der Waals surface area (Å²) in [5.41, 5.74) is 4.48. The number of phenolic OH excluding ortho intramolecular Hbond substituents is 1. The van der Waals surface area contributed by atoms with Gasteiger partial charge in [-0.05, 0) is 74.6 Å². The molecule has 0 aliphatic heterocycles. The number of aromatic nitrogens is 2. The van der Waals surface area contributed by atoms with Crippen LogP contribution >= 0.6 is 0 Å². The largest absolute Gasteiger partial charge is 0.508 e. The molecule has 3 aromatic rings. The van der Waals surface area contributed by atoms with Crippen LogP contribution in [0, 0.1) is 6.92 Å². The number of benzene rings is 2. The molecule has 0 unspecified atom stereocenters. The highest BCUT2D eigenvalue weighted by molar-refractivity contribution is 6.02. The van der Waals surface area contributed by atoms with Crippen LogP contribution in [-0.2, 0) is 33.6 Å². The third-order valence-electron chi connectivity index (χ3n) is 5.80. The van der Waals surface area contributed by atoms with Crippen molar-refractivity contribution in [2.24, 2.45) is 0 Å². The van der Waals surface area contributed by atoms with Gasteiger partial charge in [-0.25, -0.2) is 5.10 Å². The van der Waals surface area contributed by atoms with Gasteiger partial charge < -0.3 is 19.9 Å². The Kier molecular flexibility index (Phi) is 7.14. The maximum Gasteiger partial charge on any atom is 0.315 e. The van der Waals surface area contributed by atoms with Crippen LogP contribution in [0.3, 0.4) is 0 Å². The van der Waals surface area contributed by atoms with Gasteiger partial charge in [-0.2, -0.15) is 5.10 Å². The Hall–Kier alpha value is -4.14. The van der Waals surface area contributed by atoms with E-state index in [2.05, 4.69) is 15.5 Å². The minimum atomic E-state index is -0.557. The highest BCUT2D eigenvalue weighted by Crippen LogP contribution is 2.41. The molecule has 1 aromatic heterocycles. The molecule has 0 saturated carbocycles. The number of rotatable bonds is 8. The van der Waals surface area contributed by atoms with Crippen LogP contribution in [0.15, 0.2) is 41.2 Å². The average Bonchev–Trinajstić information content (AvgIpc) is 3.30. The van der Waals surface area contributed by atoms with Gasteiger partial charge in [0.25, 0.3) is 5.56 Å². The Morgan fingerprint density at radius 2 is 1.94 bits per heavy atom. The summed E-state index contributed by atoms with van der Waals surface area (Å²) in [5.74, 6) is 0.411. The first-order chi connectivity index (χ1) is 16.8. The molecule has 0 saturated heterocycles. The van der Waals surface area contributed by atoms with E-state index in [-0.39, 0.29) is 24.3 Å². The number of anilines is 1. The maximum absolute atomic E-state index is 12.3. The summed E-state index contributed by atoms with van der Waals surface area (Å²) in [7, 11) is 0. The number of hydrogen-bond acceptors (Lipinski definition) is 7. The quantitative estimate of drug-likeness (QED) is 0.334. The van der Waals surface area contributed by atoms with Crippen molar-refractivity contribution in [1.29, 1.82) is 0 Å². The average molecular weight is 478 g/mol. The van der Waals surface area contributed by atoms with Crippen LogP contribution in [0.5, 0.6) is 17.2 Å². The number of aromatic amines is 1. The Morgan fingerprint density at radius 1 is 1.14 bits per heavy atom. The number of ether oxygens (including phenoxy) is 2. The molecule has 182 valence electrons. The molecule has 1 heterocycles. The predicted molar refractivity (Wildman–Crippen MR) is 129 cm³/mol. The van der Waals surface area contributed by atoms with Crippen molar-refractivity contribution in [3.05, 3.63) is 74.7 Å². The summed E-state index contributed by atoms with van der Waals surface area (Å²) in [6, 6.07) is 9.86. The molecule has 1 amide bonds. The van der Waals surface area contributed by atoms with Crippen LogP contribution in [-0.4, -0.2) is 33.8 Å². The lowest BCUT2D eigenvalue weighted by Gasteiger charge is -2.18. The number of aromatic hydroxyl groups is 1. The second kappa shape index (κ2) is 10.4. The van der Waals surface area contributed by atoms with E-state index in [1.165, 1.54) is 6.07 Å². The van der Waals surface area contributed by atoms with Gasteiger partial charge in [0.1, 0.15) is 23.7 Å². The molecule has 9 heteroatoms. The van der Waals surface area contributed by atoms with Crippen LogP contribution in [0.2, 0.25) is 0 Å². The fourth-order valence-corrected chi connectivity index (χ4v) is 4.24. The number of esters is 1. The third-order valence-corrected chi connectivity index (χ3v) is 5.80. The molecule has 1 aliphatic rings. The summed E-state index contributed by atoms with van der Waals surface area (Å²) in [4.78, 5) is 35.2. The number of phenols is 1. The van der Waals surface area contributed by atoms with Crippen molar-refractivity contribution in [2.45, 2.75) is 46.0 Å². The molecule has 0 atom stereocenters. The lowest BCUT2D eigenvalue weighted by molar-refractivity contribution is -0.145. The van der Waals surface area contributed by atoms with Gasteiger partial charge in [0.2, 0.25) is 5.91 Å². The number of aryl methyl sites for hydroxylation is 1. The van der Waals surface area contributed by atoms with Crippen molar-refractivity contribution < 1.29 is 24.2 Å². The zero-order valence-electron chi connectivity index (χ0n) is 19.6. The van der Waals surface area contributed by atoms with Gasteiger partial charge in [-0.3, -0.25) is 14.4 Å².